The van der Waals surface area contributed by atoms with E-state index in [1.54, 1.807) is 0 Å². The summed E-state index contributed by atoms with van der Waals surface area (Å²) in [6.45, 7) is 5.82. The molecule has 0 radical (unpaired) electrons. The predicted molar refractivity (Wildman–Crippen MR) is 67.5 cm³/mol. The molecule has 1 aromatic carbocycles. The first kappa shape index (κ1) is 10.4. The molecular formula is C14H15N3. The lowest BCUT2D eigenvalue weighted by Gasteiger charge is -2.10. The van der Waals surface area contributed by atoms with Crippen LogP contribution in [0.15, 0.2) is 24.3 Å². The number of rotatable bonds is 1. The largest absolute Gasteiger partial charge is 0.307 e. The summed E-state index contributed by atoms with van der Waals surface area (Å²) in [5.74, 6) is 0.853. The van der Waals surface area contributed by atoms with Gasteiger partial charge in [0, 0.05) is 24.2 Å². The molecule has 0 unspecified atom stereocenters. The maximum Gasteiger partial charge on any atom is 0.126 e. The molecule has 2 aromatic rings. The van der Waals surface area contributed by atoms with E-state index in [1.807, 2.05) is 6.92 Å². The normalized spacial score (nSPS) is 13.8. The van der Waals surface area contributed by atoms with Crippen molar-refractivity contribution in [3.63, 3.8) is 0 Å². The molecule has 1 aromatic heterocycles. The van der Waals surface area contributed by atoms with Crippen LogP contribution in [-0.4, -0.2) is 9.97 Å². The molecule has 1 aliphatic heterocycles. The minimum atomic E-state index is 0.853. The Bertz CT molecular complexity index is 576. The zero-order valence-corrected chi connectivity index (χ0v) is 10.1. The van der Waals surface area contributed by atoms with E-state index in [4.69, 9.17) is 0 Å². The molecule has 17 heavy (non-hydrogen) atoms. The summed E-state index contributed by atoms with van der Waals surface area (Å²) < 4.78 is 0. The van der Waals surface area contributed by atoms with Crippen molar-refractivity contribution in [2.45, 2.75) is 26.9 Å². The molecule has 2 heterocycles. The van der Waals surface area contributed by atoms with E-state index in [1.165, 1.54) is 16.7 Å². The van der Waals surface area contributed by atoms with Crippen LogP contribution in [0.1, 0.15) is 22.6 Å². The van der Waals surface area contributed by atoms with Crippen molar-refractivity contribution in [3.05, 3.63) is 46.9 Å². The number of nitrogens with one attached hydrogen (secondary N) is 1. The molecule has 0 aliphatic carbocycles. The van der Waals surface area contributed by atoms with Gasteiger partial charge in [0.2, 0.25) is 0 Å². The molecule has 0 bridgehead atoms. The summed E-state index contributed by atoms with van der Waals surface area (Å²) in [4.78, 5) is 9.12. The summed E-state index contributed by atoms with van der Waals surface area (Å²) in [5.41, 5.74) is 5.98. The number of aryl methyl sites for hydroxylation is 2. The third-order valence-electron chi connectivity index (χ3n) is 3.20. The Labute approximate surface area is 101 Å². The highest BCUT2D eigenvalue weighted by atomic mass is 15.0. The van der Waals surface area contributed by atoms with Gasteiger partial charge < -0.3 is 5.32 Å². The summed E-state index contributed by atoms with van der Waals surface area (Å²) in [5, 5.41) is 3.34. The second-order valence-corrected chi connectivity index (χ2v) is 4.46. The van der Waals surface area contributed by atoms with Crippen LogP contribution in [0.3, 0.4) is 0 Å². The first-order valence-corrected chi connectivity index (χ1v) is 5.89. The second kappa shape index (κ2) is 3.93. The van der Waals surface area contributed by atoms with Crippen molar-refractivity contribution in [1.29, 1.82) is 0 Å². The van der Waals surface area contributed by atoms with Gasteiger partial charge in [-0.05, 0) is 19.4 Å². The van der Waals surface area contributed by atoms with Gasteiger partial charge in [-0.15, -0.1) is 0 Å². The summed E-state index contributed by atoms with van der Waals surface area (Å²) in [6, 6.07) is 8.39. The van der Waals surface area contributed by atoms with Crippen LogP contribution < -0.4 is 5.32 Å². The Hall–Kier alpha value is -1.74. The first-order valence-electron chi connectivity index (χ1n) is 5.89. The maximum atomic E-state index is 4.62. The van der Waals surface area contributed by atoms with E-state index in [9.17, 15) is 0 Å². The van der Waals surface area contributed by atoms with Crippen molar-refractivity contribution < 1.29 is 0 Å². The van der Waals surface area contributed by atoms with E-state index in [-0.39, 0.29) is 0 Å². The lowest BCUT2D eigenvalue weighted by molar-refractivity contribution is 0.757. The van der Waals surface area contributed by atoms with Gasteiger partial charge in [-0.25, -0.2) is 9.97 Å². The van der Waals surface area contributed by atoms with Gasteiger partial charge in [-0.2, -0.15) is 0 Å². The monoisotopic (exact) mass is 225 g/mol. The molecule has 3 nitrogen and oxygen atoms in total. The van der Waals surface area contributed by atoms with Crippen LogP contribution in [0.5, 0.6) is 0 Å². The fourth-order valence-corrected chi connectivity index (χ4v) is 2.35. The first-order chi connectivity index (χ1) is 8.25. The van der Waals surface area contributed by atoms with Crippen LogP contribution in [0.2, 0.25) is 0 Å². The molecule has 0 amide bonds. The molecule has 1 aliphatic rings. The van der Waals surface area contributed by atoms with Gasteiger partial charge >= 0.3 is 0 Å². The van der Waals surface area contributed by atoms with Gasteiger partial charge in [0.15, 0.2) is 0 Å². The SMILES string of the molecule is Cc1nc2c(c(-c3ccccc3C)n1)CNC2. The number of benzene rings is 1. The highest BCUT2D eigenvalue weighted by molar-refractivity contribution is 5.67. The smallest absolute Gasteiger partial charge is 0.126 e. The number of hydrogen-bond acceptors (Lipinski definition) is 3. The summed E-state index contributed by atoms with van der Waals surface area (Å²) in [7, 11) is 0. The van der Waals surface area contributed by atoms with Crippen molar-refractivity contribution >= 4 is 0 Å². The lowest BCUT2D eigenvalue weighted by Crippen LogP contribution is -2.01. The molecular weight excluding hydrogens is 210 g/mol. The number of nitrogens with zero attached hydrogens (tertiary/aromatic N) is 2. The molecule has 0 spiro atoms. The lowest BCUT2D eigenvalue weighted by atomic mass is 10.0. The zero-order chi connectivity index (χ0) is 11.8. The molecule has 0 saturated carbocycles. The van der Waals surface area contributed by atoms with Crippen molar-refractivity contribution in [2.75, 3.05) is 0 Å². The number of fused-ring (bicyclic) bond motifs is 1. The Morgan fingerprint density at radius 3 is 2.71 bits per heavy atom. The molecule has 3 rings (SSSR count). The average Bonchev–Trinajstić information content (AvgIpc) is 2.76. The molecule has 1 N–H and O–H groups in total. The van der Waals surface area contributed by atoms with Crippen LogP contribution in [0, 0.1) is 13.8 Å². The van der Waals surface area contributed by atoms with Crippen LogP contribution >= 0.6 is 0 Å². The Morgan fingerprint density at radius 2 is 1.88 bits per heavy atom. The number of aromatic nitrogens is 2. The van der Waals surface area contributed by atoms with Gasteiger partial charge in [0.1, 0.15) is 5.82 Å². The minimum absolute atomic E-state index is 0.853. The summed E-state index contributed by atoms with van der Waals surface area (Å²) in [6.07, 6.45) is 0. The van der Waals surface area contributed by atoms with E-state index in [0.29, 0.717) is 0 Å². The third kappa shape index (κ3) is 1.72. The fraction of sp³-hybridized carbons (Fsp3) is 0.286. The van der Waals surface area contributed by atoms with Gasteiger partial charge in [0.05, 0.1) is 11.4 Å². The number of hydrogen-bond donors (Lipinski definition) is 1. The Kier molecular flexibility index (Phi) is 2.41. The van der Waals surface area contributed by atoms with E-state index in [2.05, 4.69) is 46.5 Å². The Balaban J connectivity index is 2.25. The van der Waals surface area contributed by atoms with Gasteiger partial charge in [-0.3, -0.25) is 0 Å². The van der Waals surface area contributed by atoms with Crippen LogP contribution in [-0.2, 0) is 13.1 Å². The van der Waals surface area contributed by atoms with Crippen LogP contribution in [0.25, 0.3) is 11.3 Å². The van der Waals surface area contributed by atoms with Crippen molar-refractivity contribution in [1.82, 2.24) is 15.3 Å². The van der Waals surface area contributed by atoms with E-state index < -0.39 is 0 Å². The molecule has 0 atom stereocenters. The van der Waals surface area contributed by atoms with Crippen molar-refractivity contribution in [2.24, 2.45) is 0 Å². The quantitative estimate of drug-likeness (QED) is 0.809. The summed E-state index contributed by atoms with van der Waals surface area (Å²) >= 11 is 0. The molecule has 0 saturated heterocycles. The highest BCUT2D eigenvalue weighted by Gasteiger charge is 2.19. The van der Waals surface area contributed by atoms with Gasteiger partial charge in [-0.1, -0.05) is 24.3 Å². The topological polar surface area (TPSA) is 37.8 Å². The van der Waals surface area contributed by atoms with E-state index in [0.717, 1.165) is 30.3 Å². The third-order valence-corrected chi connectivity index (χ3v) is 3.20. The van der Waals surface area contributed by atoms with E-state index >= 15 is 0 Å². The predicted octanol–water partition coefficient (Wildman–Crippen LogP) is 2.36. The fourth-order valence-electron chi connectivity index (χ4n) is 2.35. The maximum absolute atomic E-state index is 4.62. The average molecular weight is 225 g/mol. The van der Waals surface area contributed by atoms with Crippen molar-refractivity contribution in [3.8, 4) is 11.3 Å². The minimum Gasteiger partial charge on any atom is -0.307 e. The van der Waals surface area contributed by atoms with Gasteiger partial charge in [0.25, 0.3) is 0 Å². The molecule has 0 fully saturated rings. The van der Waals surface area contributed by atoms with Crippen LogP contribution in [0.4, 0.5) is 0 Å². The second-order valence-electron chi connectivity index (χ2n) is 4.46. The standard InChI is InChI=1S/C14H15N3/c1-9-5-3-4-6-11(9)14-12-7-15-8-13(12)16-10(2)17-14/h3-6,15H,7-8H2,1-2H3. The Morgan fingerprint density at radius 1 is 1.06 bits per heavy atom. The molecule has 3 heteroatoms. The molecule has 86 valence electrons. The highest BCUT2D eigenvalue weighted by Crippen LogP contribution is 2.28. The zero-order valence-electron chi connectivity index (χ0n) is 10.1.